The van der Waals surface area contributed by atoms with Crippen molar-refractivity contribution in [2.75, 3.05) is 46.1 Å². The number of benzene rings is 1. The SMILES string of the molecule is Fc1ccc(CNC[C@@H]([C@@H]2CCOC2)N2CCOCC2)c(Cl)c1. The fourth-order valence-corrected chi connectivity index (χ4v) is 3.61. The van der Waals surface area contributed by atoms with Gasteiger partial charge in [0.1, 0.15) is 5.82 Å². The molecule has 2 saturated heterocycles. The summed E-state index contributed by atoms with van der Waals surface area (Å²) in [7, 11) is 0. The zero-order valence-corrected chi connectivity index (χ0v) is 14.0. The van der Waals surface area contributed by atoms with Crippen molar-refractivity contribution in [2.24, 2.45) is 5.92 Å². The van der Waals surface area contributed by atoms with E-state index in [2.05, 4.69) is 10.2 Å². The van der Waals surface area contributed by atoms with Crippen molar-refractivity contribution in [1.82, 2.24) is 10.2 Å². The van der Waals surface area contributed by atoms with Crippen LogP contribution >= 0.6 is 11.6 Å². The summed E-state index contributed by atoms with van der Waals surface area (Å²) in [6.07, 6.45) is 1.11. The molecule has 2 heterocycles. The minimum Gasteiger partial charge on any atom is -0.381 e. The molecule has 0 spiro atoms. The van der Waals surface area contributed by atoms with Gasteiger partial charge in [-0.1, -0.05) is 17.7 Å². The Hall–Kier alpha value is -0.720. The van der Waals surface area contributed by atoms with E-state index in [-0.39, 0.29) is 5.82 Å². The van der Waals surface area contributed by atoms with Crippen molar-refractivity contribution < 1.29 is 13.9 Å². The number of hydrogen-bond donors (Lipinski definition) is 1. The molecular formula is C17H24ClFN2O2. The van der Waals surface area contributed by atoms with Crippen LogP contribution in [0.2, 0.25) is 5.02 Å². The van der Waals surface area contributed by atoms with E-state index >= 15 is 0 Å². The molecule has 1 aromatic carbocycles. The third-order valence-electron chi connectivity index (χ3n) is 4.71. The van der Waals surface area contributed by atoms with Crippen molar-refractivity contribution in [3.05, 3.63) is 34.6 Å². The van der Waals surface area contributed by atoms with Gasteiger partial charge in [0.15, 0.2) is 0 Å². The van der Waals surface area contributed by atoms with Gasteiger partial charge in [0.05, 0.1) is 19.8 Å². The van der Waals surface area contributed by atoms with Crippen LogP contribution in [0.25, 0.3) is 0 Å². The topological polar surface area (TPSA) is 33.7 Å². The first kappa shape index (κ1) is 17.1. The molecule has 0 amide bonds. The maximum Gasteiger partial charge on any atom is 0.124 e. The molecule has 6 heteroatoms. The number of rotatable bonds is 6. The molecule has 0 unspecified atom stereocenters. The molecule has 0 bridgehead atoms. The smallest absolute Gasteiger partial charge is 0.124 e. The summed E-state index contributed by atoms with van der Waals surface area (Å²) in [4.78, 5) is 2.50. The highest BCUT2D eigenvalue weighted by Crippen LogP contribution is 2.22. The van der Waals surface area contributed by atoms with Crippen molar-refractivity contribution in [2.45, 2.75) is 19.0 Å². The monoisotopic (exact) mass is 342 g/mol. The first-order chi connectivity index (χ1) is 11.2. The highest BCUT2D eigenvalue weighted by atomic mass is 35.5. The van der Waals surface area contributed by atoms with Crippen LogP contribution in [0.15, 0.2) is 18.2 Å². The molecule has 1 aromatic rings. The zero-order valence-electron chi connectivity index (χ0n) is 13.3. The van der Waals surface area contributed by atoms with Crippen molar-refractivity contribution in [3.8, 4) is 0 Å². The largest absolute Gasteiger partial charge is 0.381 e. The number of ether oxygens (including phenoxy) is 2. The Labute approximate surface area is 141 Å². The van der Waals surface area contributed by atoms with Gasteiger partial charge in [-0.15, -0.1) is 0 Å². The fraction of sp³-hybridized carbons (Fsp3) is 0.647. The average molecular weight is 343 g/mol. The first-order valence-electron chi connectivity index (χ1n) is 8.28. The van der Waals surface area contributed by atoms with E-state index in [1.165, 1.54) is 12.1 Å². The van der Waals surface area contributed by atoms with Gasteiger partial charge in [-0.2, -0.15) is 0 Å². The van der Waals surface area contributed by atoms with Crippen LogP contribution in [-0.2, 0) is 16.0 Å². The maximum atomic E-state index is 13.1. The summed E-state index contributed by atoms with van der Waals surface area (Å²) in [5.41, 5.74) is 0.927. The summed E-state index contributed by atoms with van der Waals surface area (Å²) < 4.78 is 24.2. The van der Waals surface area contributed by atoms with E-state index in [1.54, 1.807) is 6.07 Å². The van der Waals surface area contributed by atoms with Gasteiger partial charge in [-0.25, -0.2) is 4.39 Å². The van der Waals surface area contributed by atoms with Gasteiger partial charge in [0.25, 0.3) is 0 Å². The molecule has 4 nitrogen and oxygen atoms in total. The lowest BCUT2D eigenvalue weighted by atomic mass is 9.96. The van der Waals surface area contributed by atoms with Crippen LogP contribution < -0.4 is 5.32 Å². The molecule has 0 aromatic heterocycles. The molecule has 0 saturated carbocycles. The van der Waals surface area contributed by atoms with E-state index < -0.39 is 0 Å². The minimum absolute atomic E-state index is 0.298. The Morgan fingerprint density at radius 2 is 2.09 bits per heavy atom. The predicted molar refractivity (Wildman–Crippen MR) is 88.2 cm³/mol. The number of nitrogens with zero attached hydrogens (tertiary/aromatic N) is 1. The number of hydrogen-bond acceptors (Lipinski definition) is 4. The van der Waals surface area contributed by atoms with Crippen LogP contribution in [0.3, 0.4) is 0 Å². The third kappa shape index (κ3) is 4.64. The number of nitrogens with one attached hydrogen (secondary N) is 1. The Morgan fingerprint density at radius 1 is 1.26 bits per heavy atom. The Kier molecular flexibility index (Phi) is 6.25. The summed E-state index contributed by atoms with van der Waals surface area (Å²) in [6, 6.07) is 5.00. The van der Waals surface area contributed by atoms with Gasteiger partial charge < -0.3 is 14.8 Å². The molecule has 0 radical (unpaired) electrons. The molecule has 2 fully saturated rings. The highest BCUT2D eigenvalue weighted by Gasteiger charge is 2.31. The highest BCUT2D eigenvalue weighted by molar-refractivity contribution is 6.31. The second-order valence-corrected chi connectivity index (χ2v) is 6.61. The van der Waals surface area contributed by atoms with E-state index in [9.17, 15) is 4.39 Å². The fourth-order valence-electron chi connectivity index (χ4n) is 3.38. The van der Waals surface area contributed by atoms with Gasteiger partial charge in [0, 0.05) is 49.8 Å². The summed E-state index contributed by atoms with van der Waals surface area (Å²) in [5, 5.41) is 3.97. The second kappa shape index (κ2) is 8.40. The molecule has 2 aliphatic heterocycles. The summed E-state index contributed by atoms with van der Waals surface area (Å²) >= 11 is 6.09. The average Bonchev–Trinajstić information content (AvgIpc) is 3.08. The van der Waals surface area contributed by atoms with Gasteiger partial charge in [-0.3, -0.25) is 4.90 Å². The number of morpholine rings is 1. The van der Waals surface area contributed by atoms with Crippen LogP contribution in [-0.4, -0.2) is 57.0 Å². The van der Waals surface area contributed by atoms with Crippen LogP contribution in [0, 0.1) is 11.7 Å². The lowest BCUT2D eigenvalue weighted by molar-refractivity contribution is 0.00137. The third-order valence-corrected chi connectivity index (χ3v) is 5.06. The quantitative estimate of drug-likeness (QED) is 0.860. The van der Waals surface area contributed by atoms with Crippen molar-refractivity contribution >= 4 is 11.6 Å². The predicted octanol–water partition coefficient (Wildman–Crippen LogP) is 2.31. The molecule has 3 rings (SSSR count). The molecule has 1 N–H and O–H groups in total. The standard InChI is InChI=1S/C17H24ClFN2O2/c18-16-9-15(19)2-1-13(16)10-20-11-17(14-3-6-23-12-14)21-4-7-22-8-5-21/h1-2,9,14,17,20H,3-8,10-12H2/t14-,17+/m1/s1. The van der Waals surface area contributed by atoms with Crippen LogP contribution in [0.1, 0.15) is 12.0 Å². The first-order valence-corrected chi connectivity index (χ1v) is 8.66. The molecule has 0 aliphatic carbocycles. The van der Waals surface area contributed by atoms with Crippen molar-refractivity contribution in [3.63, 3.8) is 0 Å². The van der Waals surface area contributed by atoms with E-state index in [0.29, 0.717) is 23.5 Å². The lowest BCUT2D eigenvalue weighted by Crippen LogP contribution is -2.51. The minimum atomic E-state index is -0.298. The Morgan fingerprint density at radius 3 is 2.78 bits per heavy atom. The summed E-state index contributed by atoms with van der Waals surface area (Å²) in [5.74, 6) is 0.261. The summed E-state index contributed by atoms with van der Waals surface area (Å²) in [6.45, 7) is 6.76. The molecule has 128 valence electrons. The van der Waals surface area contributed by atoms with Crippen LogP contribution in [0.5, 0.6) is 0 Å². The van der Waals surface area contributed by atoms with Crippen molar-refractivity contribution in [1.29, 1.82) is 0 Å². The normalized spacial score (nSPS) is 24.0. The van der Waals surface area contributed by atoms with Gasteiger partial charge >= 0.3 is 0 Å². The Balaban J connectivity index is 1.57. The van der Waals surface area contributed by atoms with E-state index in [4.69, 9.17) is 21.1 Å². The van der Waals surface area contributed by atoms with E-state index in [0.717, 1.165) is 58.0 Å². The van der Waals surface area contributed by atoms with Crippen LogP contribution in [0.4, 0.5) is 4.39 Å². The lowest BCUT2D eigenvalue weighted by Gasteiger charge is -2.37. The van der Waals surface area contributed by atoms with Gasteiger partial charge in [-0.05, 0) is 24.1 Å². The molecule has 2 aliphatic rings. The maximum absolute atomic E-state index is 13.1. The molecule has 23 heavy (non-hydrogen) atoms. The van der Waals surface area contributed by atoms with Gasteiger partial charge in [0.2, 0.25) is 0 Å². The number of halogens is 2. The van der Waals surface area contributed by atoms with E-state index in [1.807, 2.05) is 0 Å². The Bertz CT molecular complexity index is 505. The zero-order chi connectivity index (χ0) is 16.1. The molecular weight excluding hydrogens is 319 g/mol. The second-order valence-electron chi connectivity index (χ2n) is 6.21. The molecule has 2 atom stereocenters.